The van der Waals surface area contributed by atoms with Crippen LogP contribution in [0, 0.1) is 0 Å². The Morgan fingerprint density at radius 2 is 2.16 bits per heavy atom. The van der Waals surface area contributed by atoms with Gasteiger partial charge in [-0.25, -0.2) is 0 Å². The summed E-state index contributed by atoms with van der Waals surface area (Å²) in [6.07, 6.45) is 0. The molecule has 8 heteroatoms. The first-order chi connectivity index (χ1) is 9.13. The molecule has 1 atom stereocenters. The summed E-state index contributed by atoms with van der Waals surface area (Å²) in [6.45, 7) is 3.36. The molecule has 0 saturated carbocycles. The van der Waals surface area contributed by atoms with Crippen LogP contribution >= 0.6 is 11.3 Å². The van der Waals surface area contributed by atoms with Crippen molar-refractivity contribution in [3.8, 4) is 0 Å². The van der Waals surface area contributed by atoms with Crippen molar-refractivity contribution >= 4 is 22.4 Å². The molecule has 1 aromatic rings. The van der Waals surface area contributed by atoms with Gasteiger partial charge in [0, 0.05) is 27.8 Å². The van der Waals surface area contributed by atoms with Gasteiger partial charge >= 0.3 is 0 Å². The third kappa shape index (κ3) is 4.41. The number of methoxy groups -OCH3 is 2. The van der Waals surface area contributed by atoms with E-state index in [1.807, 2.05) is 6.92 Å². The minimum absolute atomic E-state index is 0.0467. The van der Waals surface area contributed by atoms with Crippen LogP contribution in [0.4, 0.5) is 5.13 Å². The molecule has 1 rings (SSSR count). The normalized spacial score (nSPS) is 12.2. The molecule has 1 amide bonds. The van der Waals surface area contributed by atoms with E-state index in [0.29, 0.717) is 29.9 Å². The van der Waals surface area contributed by atoms with E-state index in [0.717, 1.165) is 0 Å². The Morgan fingerprint density at radius 1 is 1.42 bits per heavy atom. The van der Waals surface area contributed by atoms with Crippen molar-refractivity contribution in [1.29, 1.82) is 0 Å². The summed E-state index contributed by atoms with van der Waals surface area (Å²) in [4.78, 5) is 14.1. The second-order valence-corrected chi connectivity index (χ2v) is 4.94. The number of hydrogen-bond donors (Lipinski definition) is 1. The highest BCUT2D eigenvalue weighted by atomic mass is 32.1. The van der Waals surface area contributed by atoms with Crippen LogP contribution in [0.3, 0.4) is 0 Å². The topological polar surface area (TPSA) is 76.6 Å². The molecule has 108 valence electrons. The molecule has 1 N–H and O–H groups in total. The molecule has 1 heterocycles. The van der Waals surface area contributed by atoms with E-state index in [4.69, 9.17) is 9.47 Å². The summed E-state index contributed by atoms with van der Waals surface area (Å²) in [6, 6.07) is -0.0467. The molecular formula is C11H20N4O3S. The van der Waals surface area contributed by atoms with Crippen molar-refractivity contribution < 1.29 is 14.3 Å². The van der Waals surface area contributed by atoms with Gasteiger partial charge in [0.1, 0.15) is 0 Å². The molecule has 0 bridgehead atoms. The summed E-state index contributed by atoms with van der Waals surface area (Å²) in [5, 5.41) is 11.6. The first kappa shape index (κ1) is 15.8. The van der Waals surface area contributed by atoms with Gasteiger partial charge in [-0.15, -0.1) is 10.2 Å². The second-order valence-electron chi connectivity index (χ2n) is 3.96. The number of ether oxygens (including phenoxy) is 2. The molecular weight excluding hydrogens is 268 g/mol. The highest BCUT2D eigenvalue weighted by Gasteiger charge is 2.24. The van der Waals surface area contributed by atoms with E-state index in [-0.39, 0.29) is 11.9 Å². The molecule has 0 spiro atoms. The Kier molecular flexibility index (Phi) is 6.68. The zero-order valence-corrected chi connectivity index (χ0v) is 12.5. The summed E-state index contributed by atoms with van der Waals surface area (Å²) in [5.41, 5.74) is 0. The summed E-state index contributed by atoms with van der Waals surface area (Å²) < 4.78 is 10.1. The molecule has 0 aromatic carbocycles. The van der Waals surface area contributed by atoms with Gasteiger partial charge < -0.3 is 19.7 Å². The molecule has 1 aromatic heterocycles. The van der Waals surface area contributed by atoms with Crippen molar-refractivity contribution in [3.63, 3.8) is 0 Å². The van der Waals surface area contributed by atoms with E-state index in [9.17, 15) is 4.79 Å². The highest BCUT2D eigenvalue weighted by Crippen LogP contribution is 2.17. The summed E-state index contributed by atoms with van der Waals surface area (Å²) in [7, 11) is 4.96. The fourth-order valence-corrected chi connectivity index (χ4v) is 2.23. The van der Waals surface area contributed by atoms with Crippen molar-refractivity contribution in [2.75, 3.05) is 46.3 Å². The molecule has 0 aliphatic carbocycles. The first-order valence-electron chi connectivity index (χ1n) is 5.94. The quantitative estimate of drug-likeness (QED) is 0.759. The molecule has 0 fully saturated rings. The lowest BCUT2D eigenvalue weighted by Crippen LogP contribution is -2.43. The van der Waals surface area contributed by atoms with E-state index in [1.54, 1.807) is 26.2 Å². The van der Waals surface area contributed by atoms with Crippen molar-refractivity contribution in [1.82, 2.24) is 15.1 Å². The third-order valence-corrected chi connectivity index (χ3v) is 3.49. The van der Waals surface area contributed by atoms with Crippen molar-refractivity contribution in [2.45, 2.75) is 13.0 Å². The molecule has 19 heavy (non-hydrogen) atoms. The Bertz CT molecular complexity index is 399. The Hall–Kier alpha value is -1.25. The molecule has 7 nitrogen and oxygen atoms in total. The number of carbonyl (C=O) groups excluding carboxylic acids is 1. The van der Waals surface area contributed by atoms with Crippen LogP contribution in [0.15, 0.2) is 0 Å². The van der Waals surface area contributed by atoms with Crippen LogP contribution < -0.4 is 5.32 Å². The van der Waals surface area contributed by atoms with Crippen molar-refractivity contribution in [3.05, 3.63) is 5.01 Å². The lowest BCUT2D eigenvalue weighted by Gasteiger charge is -2.27. The van der Waals surface area contributed by atoms with E-state index < -0.39 is 0 Å². The van der Waals surface area contributed by atoms with Crippen LogP contribution in [0.2, 0.25) is 0 Å². The molecule has 0 saturated heterocycles. The van der Waals surface area contributed by atoms with Gasteiger partial charge in [0.05, 0.1) is 19.3 Å². The van der Waals surface area contributed by atoms with Crippen LogP contribution in [0.5, 0.6) is 0 Å². The van der Waals surface area contributed by atoms with E-state index in [2.05, 4.69) is 15.5 Å². The zero-order valence-electron chi connectivity index (χ0n) is 11.7. The fraction of sp³-hybridized carbons (Fsp3) is 0.727. The van der Waals surface area contributed by atoms with Gasteiger partial charge in [-0.3, -0.25) is 4.79 Å². The maximum atomic E-state index is 12.4. The van der Waals surface area contributed by atoms with Crippen LogP contribution in [-0.4, -0.2) is 68.1 Å². The predicted octanol–water partition coefficient (Wildman–Crippen LogP) is 0.703. The highest BCUT2D eigenvalue weighted by molar-refractivity contribution is 7.17. The smallest absolute Gasteiger partial charge is 0.285 e. The molecule has 1 unspecified atom stereocenters. The van der Waals surface area contributed by atoms with Gasteiger partial charge in [0.2, 0.25) is 10.1 Å². The van der Waals surface area contributed by atoms with Gasteiger partial charge in [-0.05, 0) is 6.92 Å². The molecule has 0 aliphatic heterocycles. The van der Waals surface area contributed by atoms with Crippen LogP contribution in [-0.2, 0) is 9.47 Å². The number of nitrogens with one attached hydrogen (secondary N) is 1. The first-order valence-corrected chi connectivity index (χ1v) is 6.75. The average molecular weight is 288 g/mol. The van der Waals surface area contributed by atoms with Crippen LogP contribution in [0.25, 0.3) is 0 Å². The van der Waals surface area contributed by atoms with E-state index >= 15 is 0 Å². The van der Waals surface area contributed by atoms with Gasteiger partial charge in [-0.1, -0.05) is 11.3 Å². The maximum absolute atomic E-state index is 12.4. The van der Waals surface area contributed by atoms with Gasteiger partial charge in [0.25, 0.3) is 5.91 Å². The summed E-state index contributed by atoms with van der Waals surface area (Å²) >= 11 is 1.23. The Labute approximate surface area is 116 Å². The second kappa shape index (κ2) is 8.03. The Balaban J connectivity index is 2.80. The number of carbonyl (C=O) groups is 1. The predicted molar refractivity (Wildman–Crippen MR) is 73.7 cm³/mol. The monoisotopic (exact) mass is 288 g/mol. The minimum atomic E-state index is -0.152. The lowest BCUT2D eigenvalue weighted by atomic mass is 10.3. The number of aromatic nitrogens is 2. The number of anilines is 1. The Morgan fingerprint density at radius 3 is 2.68 bits per heavy atom. The largest absolute Gasteiger partial charge is 0.383 e. The average Bonchev–Trinajstić information content (AvgIpc) is 2.88. The minimum Gasteiger partial charge on any atom is -0.383 e. The lowest BCUT2D eigenvalue weighted by molar-refractivity contribution is 0.0478. The number of nitrogens with zero attached hydrogens (tertiary/aromatic N) is 3. The number of hydrogen-bond acceptors (Lipinski definition) is 7. The van der Waals surface area contributed by atoms with E-state index in [1.165, 1.54) is 11.3 Å². The summed E-state index contributed by atoms with van der Waals surface area (Å²) in [5.74, 6) is -0.152. The number of rotatable bonds is 8. The fourth-order valence-electron chi connectivity index (χ4n) is 1.58. The maximum Gasteiger partial charge on any atom is 0.285 e. The molecule has 0 aliphatic rings. The van der Waals surface area contributed by atoms with Gasteiger partial charge in [-0.2, -0.15) is 0 Å². The zero-order chi connectivity index (χ0) is 14.3. The standard InChI is InChI=1S/C11H20N4O3S/c1-8(7-18-4)15(5-6-17-3)10(16)9-13-14-11(12-2)19-9/h8H,5-7H2,1-4H3,(H,12,14). The SMILES string of the molecule is CNc1nnc(C(=O)N(CCOC)C(C)COC)s1. The van der Waals surface area contributed by atoms with Crippen LogP contribution in [0.1, 0.15) is 16.7 Å². The van der Waals surface area contributed by atoms with Crippen molar-refractivity contribution in [2.24, 2.45) is 0 Å². The number of amides is 1. The third-order valence-electron chi connectivity index (χ3n) is 2.56. The van der Waals surface area contributed by atoms with Gasteiger partial charge in [0.15, 0.2) is 0 Å². The molecule has 0 radical (unpaired) electrons.